The maximum atomic E-state index is 12.5. The van der Waals surface area contributed by atoms with Crippen molar-refractivity contribution in [1.82, 2.24) is 10.2 Å². The van der Waals surface area contributed by atoms with Crippen LogP contribution in [0.4, 0.5) is 0 Å². The van der Waals surface area contributed by atoms with Gasteiger partial charge in [0, 0.05) is 19.0 Å². The zero-order valence-electron chi connectivity index (χ0n) is 15.2. The molecule has 1 aromatic rings. The number of nitrogens with zero attached hydrogens (tertiary/aromatic N) is 1. The van der Waals surface area contributed by atoms with Gasteiger partial charge in [-0.05, 0) is 38.3 Å². The van der Waals surface area contributed by atoms with Crippen LogP contribution < -0.4 is 5.32 Å². The monoisotopic (exact) mass is 362 g/mol. The second-order valence-corrected chi connectivity index (χ2v) is 6.92. The minimum absolute atomic E-state index is 0.0745. The Morgan fingerprint density at radius 1 is 1.27 bits per heavy atom. The van der Waals surface area contributed by atoms with Crippen molar-refractivity contribution in [2.24, 2.45) is 5.92 Å². The molecule has 1 saturated heterocycles. The van der Waals surface area contributed by atoms with Crippen molar-refractivity contribution in [2.75, 3.05) is 13.2 Å². The van der Waals surface area contributed by atoms with Gasteiger partial charge in [-0.25, -0.2) is 4.79 Å². The number of esters is 1. The van der Waals surface area contributed by atoms with E-state index in [1.807, 2.05) is 4.90 Å². The van der Waals surface area contributed by atoms with Crippen LogP contribution in [0.1, 0.15) is 61.8 Å². The van der Waals surface area contributed by atoms with Crippen molar-refractivity contribution in [3.63, 3.8) is 0 Å². The summed E-state index contributed by atoms with van der Waals surface area (Å²) in [4.78, 5) is 38.2. The van der Waals surface area contributed by atoms with Crippen molar-refractivity contribution in [2.45, 2.75) is 58.0 Å². The van der Waals surface area contributed by atoms with Crippen molar-refractivity contribution in [1.29, 1.82) is 0 Å². The topological polar surface area (TPSA) is 88.8 Å². The normalized spacial score (nSPS) is 21.0. The first-order chi connectivity index (χ1) is 12.6. The molecule has 7 heteroatoms. The molecule has 1 saturated carbocycles. The van der Waals surface area contributed by atoms with Gasteiger partial charge in [0.2, 0.25) is 17.6 Å². The first kappa shape index (κ1) is 18.5. The second-order valence-electron chi connectivity index (χ2n) is 6.92. The first-order valence-electron chi connectivity index (χ1n) is 9.41. The fourth-order valence-corrected chi connectivity index (χ4v) is 3.76. The summed E-state index contributed by atoms with van der Waals surface area (Å²) in [5.74, 6) is 0.0317. The van der Waals surface area contributed by atoms with Crippen LogP contribution in [0.2, 0.25) is 0 Å². The van der Waals surface area contributed by atoms with Crippen molar-refractivity contribution < 1.29 is 23.5 Å². The highest BCUT2D eigenvalue weighted by Crippen LogP contribution is 2.28. The lowest BCUT2D eigenvalue weighted by molar-refractivity contribution is -0.140. The molecule has 1 atom stereocenters. The molecule has 0 radical (unpaired) electrons. The second kappa shape index (κ2) is 8.38. The Morgan fingerprint density at radius 3 is 2.77 bits per heavy atom. The third kappa shape index (κ3) is 4.26. The molecule has 2 fully saturated rings. The lowest BCUT2D eigenvalue weighted by Crippen LogP contribution is -2.49. The molecule has 0 bridgehead atoms. The van der Waals surface area contributed by atoms with E-state index in [0.717, 1.165) is 25.7 Å². The number of amides is 2. The third-order valence-corrected chi connectivity index (χ3v) is 5.16. The third-order valence-electron chi connectivity index (χ3n) is 5.16. The molecule has 0 unspecified atom stereocenters. The summed E-state index contributed by atoms with van der Waals surface area (Å²) >= 11 is 0. The van der Waals surface area contributed by atoms with Gasteiger partial charge in [0.1, 0.15) is 5.76 Å². The molecule has 1 aliphatic heterocycles. The van der Waals surface area contributed by atoms with Crippen LogP contribution in [0, 0.1) is 5.92 Å². The Bertz CT molecular complexity index is 663. The first-order valence-corrected chi connectivity index (χ1v) is 9.41. The number of hydrogen-bond acceptors (Lipinski definition) is 5. The standard InChI is InChI=1S/C19H26N2O5/c1-2-25-19(24)16-9-8-15(26-16)11-20-18(23)13-7-10-17(22)21(12-13)14-5-3-4-6-14/h8-9,13-14H,2-7,10-12H2,1H3,(H,20,23)/t13-/m0/s1. The van der Waals surface area contributed by atoms with Crippen LogP contribution in [0.5, 0.6) is 0 Å². The maximum Gasteiger partial charge on any atom is 0.374 e. The van der Waals surface area contributed by atoms with Crippen molar-refractivity contribution in [3.05, 3.63) is 23.7 Å². The van der Waals surface area contributed by atoms with Crippen LogP contribution in [0.15, 0.2) is 16.5 Å². The van der Waals surface area contributed by atoms with Crippen LogP contribution in [0.3, 0.4) is 0 Å². The summed E-state index contributed by atoms with van der Waals surface area (Å²) in [5, 5.41) is 2.86. The Morgan fingerprint density at radius 2 is 2.04 bits per heavy atom. The highest BCUT2D eigenvalue weighted by molar-refractivity contribution is 5.86. The SMILES string of the molecule is CCOC(=O)c1ccc(CNC(=O)[C@H]2CCC(=O)N(C3CCCC3)C2)o1. The predicted molar refractivity (Wildman–Crippen MR) is 93.2 cm³/mol. The Balaban J connectivity index is 1.51. The Labute approximate surface area is 153 Å². The fourth-order valence-electron chi connectivity index (χ4n) is 3.76. The van der Waals surface area contributed by atoms with Gasteiger partial charge in [0.25, 0.3) is 0 Å². The minimum Gasteiger partial charge on any atom is -0.460 e. The van der Waals surface area contributed by atoms with Gasteiger partial charge in [-0.3, -0.25) is 9.59 Å². The number of carbonyl (C=O) groups is 3. The molecule has 2 amide bonds. The number of hydrogen-bond donors (Lipinski definition) is 1. The van der Waals surface area contributed by atoms with Crippen molar-refractivity contribution in [3.8, 4) is 0 Å². The molecule has 0 spiro atoms. The molecule has 1 aromatic heterocycles. The number of nitrogens with one attached hydrogen (secondary N) is 1. The summed E-state index contributed by atoms with van der Waals surface area (Å²) in [6.07, 6.45) is 5.42. The molecule has 142 valence electrons. The highest BCUT2D eigenvalue weighted by atomic mass is 16.5. The number of likely N-dealkylation sites (tertiary alicyclic amines) is 1. The zero-order chi connectivity index (χ0) is 18.5. The van der Waals surface area contributed by atoms with Gasteiger partial charge < -0.3 is 19.4 Å². The molecule has 7 nitrogen and oxygen atoms in total. The van der Waals surface area contributed by atoms with E-state index in [4.69, 9.17) is 9.15 Å². The van der Waals surface area contributed by atoms with E-state index in [2.05, 4.69) is 5.32 Å². The van der Waals surface area contributed by atoms with Crippen LogP contribution in [-0.4, -0.2) is 41.9 Å². The van der Waals surface area contributed by atoms with E-state index in [0.29, 0.717) is 31.2 Å². The minimum atomic E-state index is -0.511. The van der Waals surface area contributed by atoms with Gasteiger partial charge >= 0.3 is 5.97 Å². The zero-order valence-corrected chi connectivity index (χ0v) is 15.2. The Hall–Kier alpha value is -2.31. The molecular weight excluding hydrogens is 336 g/mol. The van der Waals surface area contributed by atoms with Crippen LogP contribution in [0.25, 0.3) is 0 Å². The smallest absolute Gasteiger partial charge is 0.374 e. The lowest BCUT2D eigenvalue weighted by Gasteiger charge is -2.36. The van der Waals surface area contributed by atoms with Crippen LogP contribution in [-0.2, 0) is 20.9 Å². The summed E-state index contributed by atoms with van der Waals surface area (Å²) in [6.45, 7) is 2.73. The molecule has 2 aliphatic rings. The quantitative estimate of drug-likeness (QED) is 0.784. The number of piperidine rings is 1. The maximum absolute atomic E-state index is 12.5. The number of ether oxygens (including phenoxy) is 1. The Kier molecular flexibility index (Phi) is 5.96. The lowest BCUT2D eigenvalue weighted by atomic mass is 9.95. The van der Waals surface area contributed by atoms with Gasteiger partial charge in [-0.1, -0.05) is 12.8 Å². The number of rotatable bonds is 6. The van der Waals surface area contributed by atoms with Gasteiger partial charge in [0.15, 0.2) is 0 Å². The molecule has 3 rings (SSSR count). The van der Waals surface area contributed by atoms with Crippen molar-refractivity contribution >= 4 is 17.8 Å². The van der Waals surface area contributed by atoms with E-state index in [9.17, 15) is 14.4 Å². The van der Waals surface area contributed by atoms with Gasteiger partial charge in [0.05, 0.1) is 19.1 Å². The van der Waals surface area contributed by atoms with E-state index >= 15 is 0 Å². The summed E-state index contributed by atoms with van der Waals surface area (Å²) in [5.41, 5.74) is 0. The van der Waals surface area contributed by atoms with Gasteiger partial charge in [-0.2, -0.15) is 0 Å². The largest absolute Gasteiger partial charge is 0.460 e. The van der Waals surface area contributed by atoms with E-state index in [1.54, 1.807) is 19.1 Å². The van der Waals surface area contributed by atoms with E-state index in [-0.39, 0.29) is 36.6 Å². The molecule has 1 N–H and O–H groups in total. The highest BCUT2D eigenvalue weighted by Gasteiger charge is 2.35. The summed E-state index contributed by atoms with van der Waals surface area (Å²) in [7, 11) is 0. The number of carbonyl (C=O) groups excluding carboxylic acids is 3. The predicted octanol–water partition coefficient (Wildman–Crippen LogP) is 2.25. The van der Waals surface area contributed by atoms with Gasteiger partial charge in [-0.15, -0.1) is 0 Å². The number of furan rings is 1. The average Bonchev–Trinajstić information content (AvgIpc) is 3.32. The molecular formula is C19H26N2O5. The van der Waals surface area contributed by atoms with E-state index < -0.39 is 5.97 Å². The molecule has 2 heterocycles. The summed E-state index contributed by atoms with van der Waals surface area (Å²) < 4.78 is 10.3. The average molecular weight is 362 g/mol. The fraction of sp³-hybridized carbons (Fsp3) is 0.632. The molecule has 26 heavy (non-hydrogen) atoms. The molecule has 0 aromatic carbocycles. The molecule has 1 aliphatic carbocycles. The summed E-state index contributed by atoms with van der Waals surface area (Å²) in [6, 6.07) is 3.50. The van der Waals surface area contributed by atoms with E-state index in [1.165, 1.54) is 0 Å². The van der Waals surface area contributed by atoms with Crippen LogP contribution >= 0.6 is 0 Å².